The molecule has 0 atom stereocenters. The Balaban J connectivity index is 1.24. The molecule has 8 aromatic carbocycles. The molecule has 0 radical (unpaired) electrons. The van der Waals surface area contributed by atoms with Gasteiger partial charge in [-0.25, -0.2) is 15.0 Å². The number of para-hydroxylation sites is 2. The first kappa shape index (κ1) is 27.1. The molecule has 0 fully saturated rings. The van der Waals surface area contributed by atoms with Gasteiger partial charge in [-0.15, -0.1) is 0 Å². The lowest BCUT2D eigenvalue weighted by atomic mass is 9.94. The summed E-state index contributed by atoms with van der Waals surface area (Å²) >= 11 is 0. The molecule has 0 N–H and O–H groups in total. The van der Waals surface area contributed by atoms with E-state index in [2.05, 4.69) is 91.0 Å². The van der Waals surface area contributed by atoms with Crippen LogP contribution in [0.15, 0.2) is 160 Å². The zero-order valence-corrected chi connectivity index (χ0v) is 26.6. The largest absolute Gasteiger partial charge is 0.456 e. The fourth-order valence-corrected chi connectivity index (χ4v) is 7.72. The monoisotopic (exact) mass is 639 g/mol. The molecule has 0 spiro atoms. The zero-order chi connectivity index (χ0) is 32.8. The molecule has 50 heavy (non-hydrogen) atoms. The molecule has 0 aliphatic heterocycles. The van der Waals surface area contributed by atoms with E-state index in [0.717, 1.165) is 71.3 Å². The van der Waals surface area contributed by atoms with E-state index in [0.29, 0.717) is 17.5 Å². The van der Waals surface area contributed by atoms with E-state index in [1.807, 2.05) is 60.7 Å². The molecule has 5 heteroatoms. The number of rotatable bonds is 3. The quantitative estimate of drug-likeness (QED) is 0.180. The van der Waals surface area contributed by atoms with Crippen molar-refractivity contribution in [2.75, 3.05) is 0 Å². The molecule has 0 aliphatic carbocycles. The Hall–Kier alpha value is -6.85. The maximum atomic E-state index is 6.29. The minimum Gasteiger partial charge on any atom is -0.456 e. The smallest absolute Gasteiger partial charge is 0.164 e. The van der Waals surface area contributed by atoms with Crippen LogP contribution in [0.4, 0.5) is 0 Å². The van der Waals surface area contributed by atoms with Gasteiger partial charge in [0.2, 0.25) is 0 Å². The van der Waals surface area contributed by atoms with Gasteiger partial charge >= 0.3 is 0 Å². The zero-order valence-electron chi connectivity index (χ0n) is 26.6. The van der Waals surface area contributed by atoms with E-state index in [-0.39, 0.29) is 0 Å². The van der Waals surface area contributed by atoms with Crippen LogP contribution in [0, 0.1) is 0 Å². The fourth-order valence-electron chi connectivity index (χ4n) is 7.72. The predicted molar refractivity (Wildman–Crippen MR) is 203 cm³/mol. The summed E-state index contributed by atoms with van der Waals surface area (Å²) in [5.74, 6) is 1.76. The average molecular weight is 640 g/mol. The lowest BCUT2D eigenvalue weighted by molar-refractivity contribution is 0.668. The van der Waals surface area contributed by atoms with Crippen molar-refractivity contribution in [3.63, 3.8) is 0 Å². The van der Waals surface area contributed by atoms with Gasteiger partial charge in [-0.05, 0) is 56.6 Å². The van der Waals surface area contributed by atoms with E-state index in [4.69, 9.17) is 23.8 Å². The molecule has 11 rings (SSSR count). The van der Waals surface area contributed by atoms with Crippen LogP contribution >= 0.6 is 0 Å². The van der Waals surface area contributed by atoms with Crippen molar-refractivity contribution in [3.05, 3.63) is 152 Å². The van der Waals surface area contributed by atoms with Crippen LogP contribution in [-0.2, 0) is 0 Å². The first-order valence-electron chi connectivity index (χ1n) is 16.7. The molecule has 5 nitrogen and oxygen atoms in total. The lowest BCUT2D eigenvalue weighted by Crippen LogP contribution is -2.01. The second-order valence-electron chi connectivity index (χ2n) is 12.7. The molecule has 0 unspecified atom stereocenters. The van der Waals surface area contributed by atoms with Crippen LogP contribution < -0.4 is 0 Å². The number of nitrogens with zero attached hydrogens (tertiary/aromatic N) is 3. The third kappa shape index (κ3) is 3.92. The Morgan fingerprint density at radius 1 is 0.280 bits per heavy atom. The van der Waals surface area contributed by atoms with Crippen LogP contribution in [0.1, 0.15) is 0 Å². The summed E-state index contributed by atoms with van der Waals surface area (Å²) in [5, 5.41) is 11.1. The summed E-state index contributed by atoms with van der Waals surface area (Å²) < 4.78 is 12.6. The number of aromatic nitrogens is 3. The highest BCUT2D eigenvalue weighted by molar-refractivity contribution is 6.22. The standard InChI is InChI=1S/C45H25N3O2/c1-2-11-28-26(10-1)22-23-27-24-25-29-30(40(27)28)14-7-15-31(29)43-46-44(34-16-8-20-38-41(34)32-12-3-5-18-36(32)49-38)48-45(47-43)35-17-9-21-39-42(35)33-13-4-6-19-37(33)50-39/h1-25H. The fraction of sp³-hybridized carbons (Fsp3) is 0. The second kappa shape index (κ2) is 10.3. The number of hydrogen-bond donors (Lipinski definition) is 0. The lowest BCUT2D eigenvalue weighted by Gasteiger charge is -2.13. The molecule has 0 bridgehead atoms. The van der Waals surface area contributed by atoms with Crippen molar-refractivity contribution < 1.29 is 8.83 Å². The number of furan rings is 2. The van der Waals surface area contributed by atoms with Crippen LogP contribution in [0.2, 0.25) is 0 Å². The molecule has 11 aromatic rings. The van der Waals surface area contributed by atoms with Crippen LogP contribution in [-0.4, -0.2) is 15.0 Å². The molecule has 0 aliphatic rings. The van der Waals surface area contributed by atoms with E-state index < -0.39 is 0 Å². The summed E-state index contributed by atoms with van der Waals surface area (Å²) in [4.78, 5) is 15.8. The van der Waals surface area contributed by atoms with Gasteiger partial charge in [-0.1, -0.05) is 127 Å². The van der Waals surface area contributed by atoms with Crippen molar-refractivity contribution in [1.82, 2.24) is 15.0 Å². The number of fused-ring (bicyclic) bond motifs is 11. The highest BCUT2D eigenvalue weighted by Gasteiger charge is 2.21. The van der Waals surface area contributed by atoms with Crippen LogP contribution in [0.3, 0.4) is 0 Å². The van der Waals surface area contributed by atoms with Gasteiger partial charge in [0.1, 0.15) is 22.3 Å². The Morgan fingerprint density at radius 2 is 0.740 bits per heavy atom. The van der Waals surface area contributed by atoms with E-state index in [9.17, 15) is 0 Å². The molecular weight excluding hydrogens is 615 g/mol. The van der Waals surface area contributed by atoms with Crippen molar-refractivity contribution in [3.8, 4) is 34.2 Å². The van der Waals surface area contributed by atoms with Gasteiger partial charge < -0.3 is 8.83 Å². The summed E-state index contributed by atoms with van der Waals surface area (Å²) in [5.41, 5.74) is 5.95. The summed E-state index contributed by atoms with van der Waals surface area (Å²) in [6.45, 7) is 0. The summed E-state index contributed by atoms with van der Waals surface area (Å²) in [7, 11) is 0. The Bertz CT molecular complexity index is 3040. The molecule has 0 saturated heterocycles. The highest BCUT2D eigenvalue weighted by atomic mass is 16.3. The normalized spacial score (nSPS) is 12.0. The van der Waals surface area contributed by atoms with Gasteiger partial charge in [-0.3, -0.25) is 0 Å². The summed E-state index contributed by atoms with van der Waals surface area (Å²) in [6, 6.07) is 52.2. The average Bonchev–Trinajstić information content (AvgIpc) is 3.76. The van der Waals surface area contributed by atoms with Gasteiger partial charge in [0.25, 0.3) is 0 Å². The molecular formula is C45H25N3O2. The molecule has 3 heterocycles. The minimum atomic E-state index is 0.579. The third-order valence-corrected chi connectivity index (χ3v) is 9.93. The van der Waals surface area contributed by atoms with Gasteiger partial charge in [0.15, 0.2) is 17.5 Å². The molecule has 232 valence electrons. The van der Waals surface area contributed by atoms with Crippen molar-refractivity contribution >= 4 is 76.2 Å². The number of hydrogen-bond acceptors (Lipinski definition) is 5. The van der Waals surface area contributed by atoms with Crippen LogP contribution in [0.5, 0.6) is 0 Å². The maximum Gasteiger partial charge on any atom is 0.164 e. The minimum absolute atomic E-state index is 0.579. The maximum absolute atomic E-state index is 6.29. The van der Waals surface area contributed by atoms with Crippen molar-refractivity contribution in [2.24, 2.45) is 0 Å². The first-order valence-corrected chi connectivity index (χ1v) is 16.7. The molecule has 0 saturated carbocycles. The van der Waals surface area contributed by atoms with E-state index in [1.54, 1.807) is 0 Å². The highest BCUT2D eigenvalue weighted by Crippen LogP contribution is 2.41. The van der Waals surface area contributed by atoms with Gasteiger partial charge in [0.05, 0.1) is 0 Å². The van der Waals surface area contributed by atoms with E-state index in [1.165, 1.54) is 21.5 Å². The first-order chi connectivity index (χ1) is 24.8. The topological polar surface area (TPSA) is 65.0 Å². The van der Waals surface area contributed by atoms with Gasteiger partial charge in [-0.2, -0.15) is 0 Å². The van der Waals surface area contributed by atoms with Crippen LogP contribution in [0.25, 0.3) is 110 Å². The molecule has 3 aromatic heterocycles. The van der Waals surface area contributed by atoms with Gasteiger partial charge in [0, 0.05) is 38.2 Å². The van der Waals surface area contributed by atoms with Crippen molar-refractivity contribution in [1.29, 1.82) is 0 Å². The third-order valence-electron chi connectivity index (χ3n) is 9.93. The van der Waals surface area contributed by atoms with Crippen molar-refractivity contribution in [2.45, 2.75) is 0 Å². The predicted octanol–water partition coefficient (Wildman–Crippen LogP) is 12.1. The van der Waals surface area contributed by atoms with E-state index >= 15 is 0 Å². The second-order valence-corrected chi connectivity index (χ2v) is 12.7. The molecule has 0 amide bonds. The Kier molecular flexibility index (Phi) is 5.60. The SMILES string of the molecule is c1ccc2c(c1)ccc1ccc3c(-c4nc(-c5cccc6oc7ccccc7c56)nc(-c5cccc6oc7ccccc7c56)n4)cccc3c12. The Morgan fingerprint density at radius 3 is 1.40 bits per heavy atom. The number of benzene rings is 8. The summed E-state index contributed by atoms with van der Waals surface area (Å²) in [6.07, 6.45) is 0. The Labute approximate surface area is 285 Å².